The van der Waals surface area contributed by atoms with Crippen molar-refractivity contribution in [3.63, 3.8) is 0 Å². The highest BCUT2D eigenvalue weighted by atomic mass is 16.6. The summed E-state index contributed by atoms with van der Waals surface area (Å²) in [7, 11) is 0. The van der Waals surface area contributed by atoms with Gasteiger partial charge in [-0.3, -0.25) is 0 Å². The highest BCUT2D eigenvalue weighted by Gasteiger charge is 2.34. The third kappa shape index (κ3) is 3.14. The number of nitrogens with zero attached hydrogens (tertiary/aromatic N) is 2. The molecule has 0 spiro atoms. The predicted molar refractivity (Wildman–Crippen MR) is 71.0 cm³/mol. The monoisotopic (exact) mass is 256 g/mol. The number of likely N-dealkylation sites (tertiary alicyclic amines) is 1. The van der Waals surface area contributed by atoms with Gasteiger partial charge in [-0.05, 0) is 12.0 Å². The average molecular weight is 256 g/mol. The summed E-state index contributed by atoms with van der Waals surface area (Å²) in [5.74, 6) is -0.132. The zero-order valence-electron chi connectivity index (χ0n) is 10.7. The van der Waals surface area contributed by atoms with E-state index in [0.29, 0.717) is 13.0 Å². The summed E-state index contributed by atoms with van der Waals surface area (Å²) >= 11 is 0. The summed E-state index contributed by atoms with van der Waals surface area (Å²) < 4.78 is 5.27. The normalized spacial score (nSPS) is 21.7. The van der Waals surface area contributed by atoms with Gasteiger partial charge in [0, 0.05) is 6.54 Å². The van der Waals surface area contributed by atoms with E-state index in [1.165, 1.54) is 0 Å². The van der Waals surface area contributed by atoms with Gasteiger partial charge < -0.3 is 9.64 Å². The first-order chi connectivity index (χ1) is 9.24. The van der Waals surface area contributed by atoms with Crippen LogP contribution in [-0.4, -0.2) is 23.6 Å². The number of carbonyl (C=O) groups is 1. The molecule has 4 nitrogen and oxygen atoms in total. The Kier molecular flexibility index (Phi) is 4.19. The van der Waals surface area contributed by atoms with E-state index >= 15 is 0 Å². The highest BCUT2D eigenvalue weighted by Crippen LogP contribution is 2.24. The molecule has 1 fully saturated rings. The first-order valence-corrected chi connectivity index (χ1v) is 6.24. The fourth-order valence-electron chi connectivity index (χ4n) is 2.20. The number of benzene rings is 1. The fraction of sp³-hybridized carbons (Fsp3) is 0.333. The molecule has 1 aromatic rings. The van der Waals surface area contributed by atoms with Crippen molar-refractivity contribution in [1.29, 1.82) is 5.26 Å². The topological polar surface area (TPSA) is 53.3 Å². The minimum atomic E-state index is -0.383. The van der Waals surface area contributed by atoms with Gasteiger partial charge in [0.1, 0.15) is 6.61 Å². The van der Waals surface area contributed by atoms with Crippen LogP contribution < -0.4 is 0 Å². The molecule has 4 heteroatoms. The van der Waals surface area contributed by atoms with E-state index < -0.39 is 0 Å². The highest BCUT2D eigenvalue weighted by molar-refractivity contribution is 5.69. The third-order valence-electron chi connectivity index (χ3n) is 3.24. The van der Waals surface area contributed by atoms with Gasteiger partial charge in [-0.2, -0.15) is 5.26 Å². The molecule has 0 aromatic heterocycles. The van der Waals surface area contributed by atoms with Gasteiger partial charge >= 0.3 is 6.09 Å². The molecule has 1 aliphatic heterocycles. The van der Waals surface area contributed by atoms with Crippen LogP contribution in [-0.2, 0) is 11.3 Å². The van der Waals surface area contributed by atoms with Crippen molar-refractivity contribution in [2.75, 3.05) is 6.54 Å². The molecule has 1 amide bonds. The van der Waals surface area contributed by atoms with Gasteiger partial charge in [0.2, 0.25) is 0 Å². The number of ether oxygens (including phenoxy) is 1. The van der Waals surface area contributed by atoms with E-state index in [-0.39, 0.29) is 24.7 Å². The lowest BCUT2D eigenvalue weighted by Gasteiger charge is -2.21. The van der Waals surface area contributed by atoms with Crippen LogP contribution in [0.4, 0.5) is 4.79 Å². The van der Waals surface area contributed by atoms with Gasteiger partial charge in [-0.1, -0.05) is 36.4 Å². The smallest absolute Gasteiger partial charge is 0.410 e. The molecule has 0 aliphatic carbocycles. The van der Waals surface area contributed by atoms with Crippen LogP contribution in [0.2, 0.25) is 0 Å². The first-order valence-electron chi connectivity index (χ1n) is 6.24. The maximum Gasteiger partial charge on any atom is 0.410 e. The summed E-state index contributed by atoms with van der Waals surface area (Å²) in [6, 6.07) is 11.6. The molecule has 1 saturated heterocycles. The Morgan fingerprint density at radius 1 is 1.53 bits per heavy atom. The lowest BCUT2D eigenvalue weighted by Crippen LogP contribution is -2.34. The van der Waals surface area contributed by atoms with Crippen molar-refractivity contribution in [2.45, 2.75) is 19.1 Å². The van der Waals surface area contributed by atoms with Gasteiger partial charge in [-0.25, -0.2) is 4.79 Å². The second kappa shape index (κ2) is 6.05. The van der Waals surface area contributed by atoms with Gasteiger partial charge in [0.25, 0.3) is 0 Å². The molecule has 0 radical (unpaired) electrons. The molecule has 0 bridgehead atoms. The summed E-state index contributed by atoms with van der Waals surface area (Å²) in [6.45, 7) is 4.37. The Bertz CT molecular complexity index is 493. The van der Waals surface area contributed by atoms with Crippen molar-refractivity contribution >= 4 is 6.09 Å². The predicted octanol–water partition coefficient (Wildman–Crippen LogP) is 2.72. The number of hydrogen-bond acceptors (Lipinski definition) is 3. The Hall–Kier alpha value is -2.28. The van der Waals surface area contributed by atoms with Gasteiger partial charge in [0.15, 0.2) is 0 Å². The molecule has 2 unspecified atom stereocenters. The molecular formula is C15H16N2O2. The molecule has 1 aliphatic rings. The lowest BCUT2D eigenvalue weighted by atomic mass is 10.1. The molecule has 0 N–H and O–H groups in total. The minimum Gasteiger partial charge on any atom is -0.445 e. The maximum absolute atomic E-state index is 12.0. The van der Waals surface area contributed by atoms with Crippen molar-refractivity contribution < 1.29 is 9.53 Å². The second-order valence-electron chi connectivity index (χ2n) is 4.56. The Morgan fingerprint density at radius 3 is 2.89 bits per heavy atom. The van der Waals surface area contributed by atoms with Crippen molar-refractivity contribution in [3.05, 3.63) is 48.6 Å². The summed E-state index contributed by atoms with van der Waals surface area (Å²) in [4.78, 5) is 13.6. The molecule has 1 aromatic carbocycles. The van der Waals surface area contributed by atoms with Crippen molar-refractivity contribution in [2.24, 2.45) is 5.92 Å². The summed E-state index contributed by atoms with van der Waals surface area (Å²) in [5, 5.41) is 8.92. The van der Waals surface area contributed by atoms with Crippen molar-refractivity contribution in [1.82, 2.24) is 4.90 Å². The number of rotatable bonds is 3. The van der Waals surface area contributed by atoms with Gasteiger partial charge in [-0.15, -0.1) is 6.58 Å². The Morgan fingerprint density at radius 2 is 2.26 bits per heavy atom. The van der Waals surface area contributed by atoms with E-state index in [1.807, 2.05) is 30.3 Å². The zero-order chi connectivity index (χ0) is 13.7. The molecule has 2 rings (SSSR count). The Balaban J connectivity index is 1.93. The van der Waals surface area contributed by atoms with Gasteiger partial charge in [0.05, 0.1) is 18.0 Å². The van der Waals surface area contributed by atoms with Crippen LogP contribution >= 0.6 is 0 Å². The van der Waals surface area contributed by atoms with Crippen LogP contribution in [0.1, 0.15) is 12.0 Å². The van der Waals surface area contributed by atoms with Crippen LogP contribution in [0.15, 0.2) is 43.0 Å². The van der Waals surface area contributed by atoms with Crippen LogP contribution in [0.25, 0.3) is 0 Å². The number of hydrogen-bond donors (Lipinski definition) is 0. The largest absolute Gasteiger partial charge is 0.445 e. The molecule has 98 valence electrons. The van der Waals surface area contributed by atoms with E-state index in [2.05, 4.69) is 12.6 Å². The Labute approximate surface area is 112 Å². The second-order valence-corrected chi connectivity index (χ2v) is 4.56. The number of amides is 1. The zero-order valence-corrected chi connectivity index (χ0v) is 10.7. The van der Waals surface area contributed by atoms with E-state index in [0.717, 1.165) is 5.56 Å². The van der Waals surface area contributed by atoms with E-state index in [9.17, 15) is 4.79 Å². The van der Waals surface area contributed by atoms with E-state index in [4.69, 9.17) is 10.00 Å². The molecule has 19 heavy (non-hydrogen) atoms. The molecule has 2 atom stereocenters. The molecule has 1 heterocycles. The first kappa shape index (κ1) is 13.2. The van der Waals surface area contributed by atoms with Crippen LogP contribution in [0.3, 0.4) is 0 Å². The quantitative estimate of drug-likeness (QED) is 0.781. The summed E-state index contributed by atoms with van der Waals surface area (Å²) in [6.07, 6.45) is 1.95. The standard InChI is InChI=1S/C15H16N2O2/c1-2-14-8-13(9-16)10-17(14)15(18)19-11-12-6-4-3-5-7-12/h2-7,13-14H,1,8,10-11H2. The fourth-order valence-corrected chi connectivity index (χ4v) is 2.20. The van der Waals surface area contributed by atoms with E-state index in [1.54, 1.807) is 11.0 Å². The van der Waals surface area contributed by atoms with Crippen LogP contribution in [0.5, 0.6) is 0 Å². The SMILES string of the molecule is C=CC1CC(C#N)CN1C(=O)OCc1ccccc1. The molecular weight excluding hydrogens is 240 g/mol. The number of nitriles is 1. The summed E-state index contributed by atoms with van der Waals surface area (Å²) in [5.41, 5.74) is 0.946. The number of carbonyl (C=O) groups excluding carboxylic acids is 1. The minimum absolute atomic E-state index is 0.104. The average Bonchev–Trinajstić information content (AvgIpc) is 2.89. The van der Waals surface area contributed by atoms with Crippen molar-refractivity contribution in [3.8, 4) is 6.07 Å². The third-order valence-corrected chi connectivity index (χ3v) is 3.24. The lowest BCUT2D eigenvalue weighted by molar-refractivity contribution is 0.0970. The maximum atomic E-state index is 12.0. The van der Waals surface area contributed by atoms with Crippen LogP contribution in [0, 0.1) is 17.2 Å². The molecule has 0 saturated carbocycles.